The van der Waals surface area contributed by atoms with E-state index < -0.39 is 0 Å². The number of ether oxygens (including phenoxy) is 1. The fourth-order valence-electron chi connectivity index (χ4n) is 3.30. The lowest BCUT2D eigenvalue weighted by molar-refractivity contribution is -0.126. The van der Waals surface area contributed by atoms with Crippen molar-refractivity contribution in [3.63, 3.8) is 0 Å². The van der Waals surface area contributed by atoms with Gasteiger partial charge < -0.3 is 19.9 Å². The molecule has 8 nitrogen and oxygen atoms in total. The number of anilines is 3. The van der Waals surface area contributed by atoms with Crippen molar-refractivity contribution in [2.75, 3.05) is 43.5 Å². The van der Waals surface area contributed by atoms with Crippen molar-refractivity contribution in [1.82, 2.24) is 19.9 Å². The topological polar surface area (TPSA) is 83.5 Å². The molecule has 0 aliphatic carbocycles. The van der Waals surface area contributed by atoms with Crippen LogP contribution < -0.4 is 15.0 Å². The van der Waals surface area contributed by atoms with Crippen LogP contribution in [0, 0.1) is 0 Å². The Labute approximate surface area is 181 Å². The van der Waals surface area contributed by atoms with Crippen molar-refractivity contribution >= 4 is 29.4 Å². The molecule has 3 aromatic rings. The van der Waals surface area contributed by atoms with Gasteiger partial charge in [0.2, 0.25) is 5.91 Å². The van der Waals surface area contributed by atoms with Gasteiger partial charge in [-0.2, -0.15) is 0 Å². The van der Waals surface area contributed by atoms with Gasteiger partial charge in [-0.25, -0.2) is 15.0 Å². The summed E-state index contributed by atoms with van der Waals surface area (Å²) < 4.78 is 5.15. The second kappa shape index (κ2) is 9.71. The van der Waals surface area contributed by atoms with E-state index in [1.54, 1.807) is 19.4 Å². The standard InChI is InChI=1S/C23H24N6O2/c1-31-19-8-5-18(6-9-19)7-10-23(30)29-14-12-28(13-15-29)22-16-21(25-17-26-22)27-20-4-2-3-11-24-20/h2-11,16-17H,12-15H2,1H3,(H,24,25,26,27)/b10-7+. The number of nitrogens with one attached hydrogen (secondary N) is 1. The number of hydrogen-bond donors (Lipinski definition) is 1. The fourth-order valence-corrected chi connectivity index (χ4v) is 3.30. The minimum atomic E-state index is 0.00987. The molecule has 3 heterocycles. The smallest absolute Gasteiger partial charge is 0.246 e. The molecule has 31 heavy (non-hydrogen) atoms. The number of nitrogens with zero attached hydrogens (tertiary/aromatic N) is 5. The van der Waals surface area contributed by atoms with Gasteiger partial charge in [-0.3, -0.25) is 4.79 Å². The summed E-state index contributed by atoms with van der Waals surface area (Å²) in [5.41, 5.74) is 0.960. The molecular weight excluding hydrogens is 392 g/mol. The Kier molecular flexibility index (Phi) is 6.37. The van der Waals surface area contributed by atoms with Crippen LogP contribution in [-0.2, 0) is 4.79 Å². The molecule has 158 valence electrons. The summed E-state index contributed by atoms with van der Waals surface area (Å²) in [7, 11) is 1.63. The minimum Gasteiger partial charge on any atom is -0.497 e. The average molecular weight is 416 g/mol. The number of piperazine rings is 1. The van der Waals surface area contributed by atoms with Crippen LogP contribution >= 0.6 is 0 Å². The first-order valence-corrected chi connectivity index (χ1v) is 10.1. The first-order valence-electron chi connectivity index (χ1n) is 10.1. The molecule has 1 fully saturated rings. The van der Waals surface area contributed by atoms with E-state index in [1.807, 2.05) is 59.5 Å². The number of aromatic nitrogens is 3. The highest BCUT2D eigenvalue weighted by Gasteiger charge is 2.21. The van der Waals surface area contributed by atoms with E-state index >= 15 is 0 Å². The Hall–Kier alpha value is -3.94. The zero-order valence-electron chi connectivity index (χ0n) is 17.3. The first-order chi connectivity index (χ1) is 15.2. The number of amides is 1. The number of hydrogen-bond acceptors (Lipinski definition) is 7. The summed E-state index contributed by atoms with van der Waals surface area (Å²) in [5, 5.41) is 3.18. The van der Waals surface area contributed by atoms with E-state index in [0.29, 0.717) is 32.0 Å². The first kappa shape index (κ1) is 20.3. The number of carbonyl (C=O) groups is 1. The van der Waals surface area contributed by atoms with Gasteiger partial charge in [0.15, 0.2) is 0 Å². The highest BCUT2D eigenvalue weighted by Crippen LogP contribution is 2.19. The van der Waals surface area contributed by atoms with Crippen LogP contribution in [0.2, 0.25) is 0 Å². The molecule has 0 atom stereocenters. The van der Waals surface area contributed by atoms with E-state index in [-0.39, 0.29) is 5.91 Å². The highest BCUT2D eigenvalue weighted by molar-refractivity contribution is 5.92. The molecule has 1 N–H and O–H groups in total. The third kappa shape index (κ3) is 5.36. The van der Waals surface area contributed by atoms with Crippen molar-refractivity contribution in [2.24, 2.45) is 0 Å². The number of carbonyl (C=O) groups excluding carboxylic acids is 1. The number of rotatable bonds is 6. The van der Waals surface area contributed by atoms with E-state index in [1.165, 1.54) is 6.33 Å². The second-order valence-electron chi connectivity index (χ2n) is 7.02. The fraction of sp³-hybridized carbons (Fsp3) is 0.217. The molecule has 0 radical (unpaired) electrons. The van der Waals surface area contributed by atoms with Crippen molar-refractivity contribution in [2.45, 2.75) is 0 Å². The Bertz CT molecular complexity index is 1030. The molecule has 8 heteroatoms. The normalized spacial score (nSPS) is 14.0. The summed E-state index contributed by atoms with van der Waals surface area (Å²) in [6, 6.07) is 15.2. The van der Waals surface area contributed by atoms with Gasteiger partial charge in [0.05, 0.1) is 7.11 Å². The Morgan fingerprint density at radius 1 is 1.00 bits per heavy atom. The van der Waals surface area contributed by atoms with Crippen LogP contribution in [0.25, 0.3) is 6.08 Å². The lowest BCUT2D eigenvalue weighted by Crippen LogP contribution is -2.48. The van der Waals surface area contributed by atoms with E-state index in [4.69, 9.17) is 4.74 Å². The summed E-state index contributed by atoms with van der Waals surface area (Å²) in [6.45, 7) is 2.70. The zero-order chi connectivity index (χ0) is 21.5. The molecule has 0 unspecified atom stereocenters. The van der Waals surface area contributed by atoms with Crippen molar-refractivity contribution in [1.29, 1.82) is 0 Å². The van der Waals surface area contributed by atoms with E-state index in [0.717, 1.165) is 22.9 Å². The second-order valence-corrected chi connectivity index (χ2v) is 7.02. The Morgan fingerprint density at radius 3 is 2.52 bits per heavy atom. The molecule has 1 saturated heterocycles. The van der Waals surface area contributed by atoms with Gasteiger partial charge in [0, 0.05) is 44.5 Å². The molecule has 0 spiro atoms. The van der Waals surface area contributed by atoms with Crippen LogP contribution in [-0.4, -0.2) is 59.0 Å². The summed E-state index contributed by atoms with van der Waals surface area (Å²) in [4.78, 5) is 29.5. The number of benzene rings is 1. The largest absolute Gasteiger partial charge is 0.497 e. The zero-order valence-corrected chi connectivity index (χ0v) is 17.3. The SMILES string of the molecule is COc1ccc(/C=C/C(=O)N2CCN(c3cc(Nc4ccccn4)ncn3)CC2)cc1. The van der Waals surface area contributed by atoms with Crippen LogP contribution in [0.3, 0.4) is 0 Å². The predicted octanol–water partition coefficient (Wildman–Crippen LogP) is 2.99. The van der Waals surface area contributed by atoms with Gasteiger partial charge in [0.1, 0.15) is 29.5 Å². The number of pyridine rings is 1. The van der Waals surface area contributed by atoms with Crippen LogP contribution in [0.1, 0.15) is 5.56 Å². The average Bonchev–Trinajstić information content (AvgIpc) is 2.84. The molecule has 1 aliphatic rings. The van der Waals surface area contributed by atoms with Crippen LogP contribution in [0.4, 0.5) is 17.5 Å². The molecule has 0 bridgehead atoms. The molecule has 2 aromatic heterocycles. The molecule has 1 aliphatic heterocycles. The third-order valence-electron chi connectivity index (χ3n) is 5.02. The quantitative estimate of drug-likeness (QED) is 0.619. The van der Waals surface area contributed by atoms with Gasteiger partial charge >= 0.3 is 0 Å². The lowest BCUT2D eigenvalue weighted by Gasteiger charge is -2.35. The maximum Gasteiger partial charge on any atom is 0.246 e. The van der Waals surface area contributed by atoms with Crippen molar-refractivity contribution < 1.29 is 9.53 Å². The lowest BCUT2D eigenvalue weighted by atomic mass is 10.2. The van der Waals surface area contributed by atoms with E-state index in [2.05, 4.69) is 25.2 Å². The van der Waals surface area contributed by atoms with Crippen molar-refractivity contribution in [3.05, 3.63) is 72.7 Å². The molecule has 1 aromatic carbocycles. The molecular formula is C23H24N6O2. The molecule has 4 rings (SSSR count). The molecule has 0 saturated carbocycles. The van der Waals surface area contributed by atoms with Gasteiger partial charge in [0.25, 0.3) is 0 Å². The molecule has 1 amide bonds. The summed E-state index contributed by atoms with van der Waals surface area (Å²) in [6.07, 6.45) is 6.71. The number of methoxy groups -OCH3 is 1. The highest BCUT2D eigenvalue weighted by atomic mass is 16.5. The third-order valence-corrected chi connectivity index (χ3v) is 5.02. The monoisotopic (exact) mass is 416 g/mol. The Balaban J connectivity index is 1.32. The van der Waals surface area contributed by atoms with Gasteiger partial charge in [-0.15, -0.1) is 0 Å². The van der Waals surface area contributed by atoms with E-state index in [9.17, 15) is 4.79 Å². The van der Waals surface area contributed by atoms with Crippen molar-refractivity contribution in [3.8, 4) is 5.75 Å². The van der Waals surface area contributed by atoms with Crippen LogP contribution in [0.5, 0.6) is 5.75 Å². The maximum absolute atomic E-state index is 12.5. The Morgan fingerprint density at radius 2 is 1.81 bits per heavy atom. The maximum atomic E-state index is 12.5. The predicted molar refractivity (Wildman–Crippen MR) is 120 cm³/mol. The van der Waals surface area contributed by atoms with Crippen LogP contribution in [0.15, 0.2) is 67.1 Å². The van der Waals surface area contributed by atoms with Gasteiger partial charge in [-0.05, 0) is 35.9 Å². The van der Waals surface area contributed by atoms with Gasteiger partial charge in [-0.1, -0.05) is 18.2 Å². The minimum absolute atomic E-state index is 0.00987. The summed E-state index contributed by atoms with van der Waals surface area (Å²) >= 11 is 0. The summed E-state index contributed by atoms with van der Waals surface area (Å²) in [5.74, 6) is 3.04.